The summed E-state index contributed by atoms with van der Waals surface area (Å²) in [4.78, 5) is 17.9. The molecule has 4 heteroatoms. The van der Waals surface area contributed by atoms with E-state index in [1.165, 1.54) is 43.4 Å². The molecule has 2 heterocycles. The molecule has 0 atom stereocenters. The van der Waals surface area contributed by atoms with Crippen LogP contribution in [0.15, 0.2) is 122 Å². The van der Waals surface area contributed by atoms with Gasteiger partial charge in [0.2, 0.25) is 0 Å². The van der Waals surface area contributed by atoms with Gasteiger partial charge in [-0.05, 0) is 91.0 Å². The molecule has 0 aliphatic carbocycles. The highest BCUT2D eigenvalue weighted by molar-refractivity contribution is 6.26. The highest BCUT2D eigenvalue weighted by atomic mass is 14.8. The van der Waals surface area contributed by atoms with Crippen LogP contribution in [0.1, 0.15) is 0 Å². The van der Waals surface area contributed by atoms with Crippen LogP contribution in [0.3, 0.4) is 0 Å². The Morgan fingerprint density at radius 3 is 1.18 bits per heavy atom. The van der Waals surface area contributed by atoms with Crippen molar-refractivity contribution in [1.29, 1.82) is 0 Å². The molecule has 0 unspecified atom stereocenters. The van der Waals surface area contributed by atoms with Crippen LogP contribution in [0.5, 0.6) is 0 Å². The normalized spacial score (nSPS) is 11.7. The van der Waals surface area contributed by atoms with E-state index >= 15 is 0 Å². The summed E-state index contributed by atoms with van der Waals surface area (Å²) in [6, 6.07) is 34.8. The first-order valence-corrected chi connectivity index (χ1v) is 12.6. The van der Waals surface area contributed by atoms with Crippen molar-refractivity contribution in [3.05, 3.63) is 122 Å². The second kappa shape index (κ2) is 8.15. The maximum Gasteiger partial charge on any atom is 0.0892 e. The summed E-state index contributed by atoms with van der Waals surface area (Å²) in [5.41, 5.74) is 8.21. The minimum atomic E-state index is 0.901. The van der Waals surface area contributed by atoms with Crippen molar-refractivity contribution < 1.29 is 0 Å². The summed E-state index contributed by atoms with van der Waals surface area (Å²) < 4.78 is 0. The van der Waals surface area contributed by atoms with Gasteiger partial charge in [-0.1, -0.05) is 60.7 Å². The third-order valence-corrected chi connectivity index (χ3v) is 7.44. The van der Waals surface area contributed by atoms with E-state index < -0.39 is 0 Å². The first-order chi connectivity index (χ1) is 18.8. The Labute approximate surface area is 218 Å². The maximum atomic E-state index is 4.51. The lowest BCUT2D eigenvalue weighted by molar-refractivity contribution is 1.29. The highest BCUT2D eigenvalue weighted by Gasteiger charge is 2.12. The van der Waals surface area contributed by atoms with Crippen molar-refractivity contribution >= 4 is 54.4 Å². The Bertz CT molecular complexity index is 2090. The summed E-state index contributed by atoms with van der Waals surface area (Å²) in [6.45, 7) is 0. The van der Waals surface area contributed by atoms with Crippen molar-refractivity contribution in [2.45, 2.75) is 0 Å². The number of fused-ring (bicyclic) bond motifs is 8. The summed E-state index contributed by atoms with van der Waals surface area (Å²) in [5, 5.41) is 7.49. The molecule has 8 rings (SSSR count). The Morgan fingerprint density at radius 1 is 0.289 bits per heavy atom. The predicted octanol–water partition coefficient (Wildman–Crippen LogP) is 8.37. The summed E-state index contributed by atoms with van der Waals surface area (Å²) in [6.07, 6.45) is 6.95. The van der Waals surface area contributed by atoms with E-state index in [0.717, 1.165) is 33.2 Å². The molecular weight excluding hydrogens is 464 g/mol. The fourth-order valence-corrected chi connectivity index (χ4v) is 5.60. The molecule has 0 bridgehead atoms. The lowest BCUT2D eigenvalue weighted by Crippen LogP contribution is -1.88. The molecule has 0 saturated carbocycles. The van der Waals surface area contributed by atoms with Gasteiger partial charge in [0.15, 0.2) is 0 Å². The zero-order valence-electron chi connectivity index (χ0n) is 20.3. The number of benzene rings is 6. The summed E-state index contributed by atoms with van der Waals surface area (Å²) in [7, 11) is 0. The van der Waals surface area contributed by atoms with Gasteiger partial charge in [0, 0.05) is 24.8 Å². The zero-order valence-corrected chi connectivity index (χ0v) is 20.3. The minimum Gasteiger partial charge on any atom is -0.253 e. The fraction of sp³-hybridized carbons (Fsp3) is 0. The Morgan fingerprint density at radius 2 is 0.658 bits per heavy atom. The highest BCUT2D eigenvalue weighted by Crippen LogP contribution is 2.39. The van der Waals surface area contributed by atoms with Gasteiger partial charge in [0.25, 0.3) is 0 Å². The van der Waals surface area contributed by atoms with Gasteiger partial charge in [0.05, 0.1) is 22.1 Å². The van der Waals surface area contributed by atoms with Crippen molar-refractivity contribution in [2.24, 2.45) is 0 Å². The molecule has 0 aliphatic heterocycles. The van der Waals surface area contributed by atoms with Gasteiger partial charge in [-0.2, -0.15) is 0 Å². The molecule has 38 heavy (non-hydrogen) atoms. The Balaban J connectivity index is 1.38. The van der Waals surface area contributed by atoms with Crippen molar-refractivity contribution in [2.75, 3.05) is 0 Å². The minimum absolute atomic E-state index is 0.901. The number of rotatable bonds is 2. The molecule has 2 aromatic heterocycles. The number of hydrogen-bond donors (Lipinski definition) is 0. The van der Waals surface area contributed by atoms with Gasteiger partial charge < -0.3 is 0 Å². The Hall–Kier alpha value is -5.22. The van der Waals surface area contributed by atoms with Gasteiger partial charge in [-0.25, -0.2) is 0 Å². The average Bonchev–Trinajstić information content (AvgIpc) is 3.00. The quantitative estimate of drug-likeness (QED) is 0.231. The van der Waals surface area contributed by atoms with Crippen LogP contribution in [0, 0.1) is 0 Å². The van der Waals surface area contributed by atoms with E-state index in [1.54, 1.807) is 24.8 Å². The molecule has 0 amide bonds. The second-order valence-electron chi connectivity index (χ2n) is 9.59. The number of aromatic nitrogens is 4. The average molecular weight is 485 g/mol. The molecule has 0 spiro atoms. The van der Waals surface area contributed by atoms with E-state index in [9.17, 15) is 0 Å². The molecular formula is C34H20N4. The predicted molar refractivity (Wildman–Crippen MR) is 156 cm³/mol. The van der Waals surface area contributed by atoms with Crippen LogP contribution in [-0.4, -0.2) is 19.9 Å². The van der Waals surface area contributed by atoms with E-state index in [2.05, 4.69) is 105 Å². The van der Waals surface area contributed by atoms with Gasteiger partial charge in [-0.3, -0.25) is 19.9 Å². The van der Waals surface area contributed by atoms with Crippen LogP contribution >= 0.6 is 0 Å². The van der Waals surface area contributed by atoms with Gasteiger partial charge in [0.1, 0.15) is 0 Å². The molecule has 0 saturated heterocycles. The van der Waals surface area contributed by atoms with E-state index in [0.29, 0.717) is 0 Å². The second-order valence-corrected chi connectivity index (χ2v) is 9.59. The van der Waals surface area contributed by atoms with E-state index in [1.807, 2.05) is 12.1 Å². The van der Waals surface area contributed by atoms with E-state index in [-0.39, 0.29) is 0 Å². The molecule has 8 aromatic rings. The lowest BCUT2D eigenvalue weighted by Gasteiger charge is -2.14. The zero-order chi connectivity index (χ0) is 25.1. The monoisotopic (exact) mass is 484 g/mol. The lowest BCUT2D eigenvalue weighted by atomic mass is 9.90. The summed E-state index contributed by atoms with van der Waals surface area (Å²) in [5.74, 6) is 0. The van der Waals surface area contributed by atoms with Crippen LogP contribution in [0.25, 0.3) is 76.6 Å². The molecule has 0 aliphatic rings. The van der Waals surface area contributed by atoms with Crippen LogP contribution in [0.2, 0.25) is 0 Å². The first kappa shape index (κ1) is 20.9. The molecule has 0 N–H and O–H groups in total. The van der Waals surface area contributed by atoms with Crippen LogP contribution < -0.4 is 0 Å². The summed E-state index contributed by atoms with van der Waals surface area (Å²) >= 11 is 0. The smallest absolute Gasteiger partial charge is 0.0892 e. The third kappa shape index (κ3) is 3.24. The number of nitrogens with zero attached hydrogens (tertiary/aromatic N) is 4. The first-order valence-electron chi connectivity index (χ1n) is 12.6. The topological polar surface area (TPSA) is 51.6 Å². The van der Waals surface area contributed by atoms with Crippen molar-refractivity contribution in [3.63, 3.8) is 0 Å². The van der Waals surface area contributed by atoms with E-state index in [4.69, 9.17) is 0 Å². The Kier molecular flexibility index (Phi) is 4.49. The standard InChI is InChI=1S/C34H20N4/c1-2-4-26-25(3-1)27-9-5-21(23-7-11-31-33(19-23)37-15-13-35-31)18-30(27)28-10-6-22(17-29(26)28)24-8-12-32-34(20-24)38-16-14-36-32/h1-20H. The van der Waals surface area contributed by atoms with Gasteiger partial charge in [-0.15, -0.1) is 0 Å². The molecule has 0 radical (unpaired) electrons. The maximum absolute atomic E-state index is 4.51. The van der Waals surface area contributed by atoms with Crippen LogP contribution in [-0.2, 0) is 0 Å². The molecule has 0 fully saturated rings. The van der Waals surface area contributed by atoms with Crippen molar-refractivity contribution in [1.82, 2.24) is 19.9 Å². The number of hydrogen-bond acceptors (Lipinski definition) is 4. The SMILES string of the molecule is c1ccc2c(c1)c1ccc(-c3ccc4nccnc4c3)cc1c1ccc(-c3ccc4nccnc4c3)cc21. The molecule has 176 valence electrons. The van der Waals surface area contributed by atoms with Gasteiger partial charge >= 0.3 is 0 Å². The molecule has 4 nitrogen and oxygen atoms in total. The van der Waals surface area contributed by atoms with Crippen molar-refractivity contribution in [3.8, 4) is 22.3 Å². The third-order valence-electron chi connectivity index (χ3n) is 7.44. The fourth-order valence-electron chi connectivity index (χ4n) is 5.60. The largest absolute Gasteiger partial charge is 0.253 e. The molecule has 6 aromatic carbocycles. The van der Waals surface area contributed by atoms with Crippen LogP contribution in [0.4, 0.5) is 0 Å².